The summed E-state index contributed by atoms with van der Waals surface area (Å²) in [5, 5.41) is 20.9. The van der Waals surface area contributed by atoms with Gasteiger partial charge in [-0.2, -0.15) is 0 Å². The van der Waals surface area contributed by atoms with E-state index in [1.165, 1.54) is 6.20 Å². The lowest BCUT2D eigenvalue weighted by molar-refractivity contribution is -0.117. The van der Waals surface area contributed by atoms with Crippen LogP contribution in [0, 0.1) is 0 Å². The van der Waals surface area contributed by atoms with Crippen molar-refractivity contribution in [1.82, 2.24) is 15.3 Å². The van der Waals surface area contributed by atoms with E-state index in [9.17, 15) is 19.8 Å². The third kappa shape index (κ3) is 5.48. The summed E-state index contributed by atoms with van der Waals surface area (Å²) in [6.45, 7) is 2.89. The Kier molecular flexibility index (Phi) is 7.82. The highest BCUT2D eigenvalue weighted by Crippen LogP contribution is 2.40. The number of nitrogens with zero attached hydrogens (tertiary/aromatic N) is 4. The lowest BCUT2D eigenvalue weighted by atomic mass is 9.85. The Bertz CT molecular complexity index is 1240. The molecule has 4 rings (SSSR count). The Hall–Kier alpha value is -3.95. The summed E-state index contributed by atoms with van der Waals surface area (Å²) in [5.74, 6) is 0.155. The number of aliphatic imine (C=N–C) groups is 1. The summed E-state index contributed by atoms with van der Waals surface area (Å²) >= 11 is 0. The number of amides is 2. The number of aromatic nitrogens is 2. The molecule has 2 atom stereocenters. The third-order valence-corrected chi connectivity index (χ3v) is 6.20. The highest BCUT2D eigenvalue weighted by atomic mass is 16.3. The molecule has 0 bridgehead atoms. The van der Waals surface area contributed by atoms with Crippen molar-refractivity contribution in [1.29, 1.82) is 0 Å². The van der Waals surface area contributed by atoms with E-state index in [4.69, 9.17) is 0 Å². The molecule has 2 amide bonds. The van der Waals surface area contributed by atoms with Crippen molar-refractivity contribution < 1.29 is 19.8 Å². The molecular weight excluding hydrogens is 458 g/mol. The number of benzene rings is 1. The van der Waals surface area contributed by atoms with Crippen molar-refractivity contribution in [2.24, 2.45) is 4.99 Å². The number of pyridine rings is 2. The zero-order valence-corrected chi connectivity index (χ0v) is 20.2. The second kappa shape index (κ2) is 11.2. The minimum atomic E-state index is -0.728. The van der Waals surface area contributed by atoms with Crippen molar-refractivity contribution in [3.8, 4) is 11.3 Å². The van der Waals surface area contributed by atoms with Crippen molar-refractivity contribution >= 4 is 29.5 Å². The van der Waals surface area contributed by atoms with Crippen LogP contribution in [0.25, 0.3) is 11.3 Å². The number of fused-ring (bicyclic) bond motifs is 1. The summed E-state index contributed by atoms with van der Waals surface area (Å²) in [4.78, 5) is 39.9. The maximum atomic E-state index is 12.4. The molecule has 0 fully saturated rings. The van der Waals surface area contributed by atoms with E-state index in [1.807, 2.05) is 54.4 Å². The van der Waals surface area contributed by atoms with Crippen molar-refractivity contribution in [3.63, 3.8) is 0 Å². The fraction of sp³-hybridized carbons (Fsp3) is 0.296. The summed E-state index contributed by atoms with van der Waals surface area (Å²) in [6.07, 6.45) is 5.76. The average molecular weight is 488 g/mol. The van der Waals surface area contributed by atoms with E-state index < -0.39 is 11.9 Å². The molecule has 1 aliphatic heterocycles. The molecule has 0 aliphatic carbocycles. The zero-order valence-electron chi connectivity index (χ0n) is 20.2. The van der Waals surface area contributed by atoms with E-state index in [1.54, 1.807) is 25.3 Å². The largest absolute Gasteiger partial charge is 0.394 e. The first-order valence-electron chi connectivity index (χ1n) is 11.8. The monoisotopic (exact) mass is 487 g/mol. The summed E-state index contributed by atoms with van der Waals surface area (Å²) in [5.41, 5.74) is 3.65. The predicted molar refractivity (Wildman–Crippen MR) is 137 cm³/mol. The third-order valence-electron chi connectivity index (χ3n) is 6.20. The number of hydrogen-bond acceptors (Lipinski definition) is 7. The van der Waals surface area contributed by atoms with Crippen LogP contribution < -0.4 is 10.2 Å². The molecule has 0 saturated heterocycles. The molecule has 0 saturated carbocycles. The van der Waals surface area contributed by atoms with Crippen LogP contribution in [-0.2, 0) is 4.79 Å². The highest BCUT2D eigenvalue weighted by Gasteiger charge is 2.32. The lowest BCUT2D eigenvalue weighted by Crippen LogP contribution is -2.42. The standard InChI is InChI=1S/C27H29N5O4/c1-17-11-21(14-30-26-5-3-4-10-28-26)23-12-19(7-9-25(23)32(17)18(2)35)24-8-6-20(13-29-24)27(36)31-22(15-33)16-34/h3-10,12-14,17,21-22,33-34H,11,15-16H2,1-2H3,(H,31,36)/t17-,21-/m0/s1. The lowest BCUT2D eigenvalue weighted by Gasteiger charge is -2.38. The van der Waals surface area contributed by atoms with Crippen molar-refractivity contribution in [2.45, 2.75) is 38.3 Å². The molecule has 0 spiro atoms. The molecule has 0 radical (unpaired) electrons. The van der Waals surface area contributed by atoms with E-state index in [2.05, 4.69) is 20.3 Å². The first-order valence-corrected chi connectivity index (χ1v) is 11.8. The number of anilines is 1. The number of aliphatic hydroxyl groups is 2. The minimum absolute atomic E-state index is 0.0126. The molecule has 3 aromatic rings. The zero-order chi connectivity index (χ0) is 25.7. The number of carbonyl (C=O) groups excluding carboxylic acids is 2. The Morgan fingerprint density at radius 2 is 1.97 bits per heavy atom. The van der Waals surface area contributed by atoms with Gasteiger partial charge < -0.3 is 20.4 Å². The van der Waals surface area contributed by atoms with E-state index in [0.29, 0.717) is 17.1 Å². The number of rotatable bonds is 7. The maximum Gasteiger partial charge on any atom is 0.253 e. The van der Waals surface area contributed by atoms with Crippen LogP contribution in [0.15, 0.2) is 65.9 Å². The van der Waals surface area contributed by atoms with Gasteiger partial charge in [-0.1, -0.05) is 12.1 Å². The fourth-order valence-electron chi connectivity index (χ4n) is 4.40. The first kappa shape index (κ1) is 25.2. The van der Waals surface area contributed by atoms with Crippen molar-refractivity contribution in [3.05, 3.63) is 72.1 Å². The van der Waals surface area contributed by atoms with Gasteiger partial charge in [0.05, 0.1) is 30.5 Å². The minimum Gasteiger partial charge on any atom is -0.394 e. The quantitative estimate of drug-likeness (QED) is 0.440. The molecule has 186 valence electrons. The van der Waals surface area contributed by atoms with Gasteiger partial charge in [-0.05, 0) is 55.3 Å². The Labute approximate surface area is 209 Å². The van der Waals surface area contributed by atoms with Gasteiger partial charge in [0.2, 0.25) is 5.91 Å². The number of hydrogen-bond donors (Lipinski definition) is 3. The Morgan fingerprint density at radius 1 is 1.17 bits per heavy atom. The molecule has 1 aliphatic rings. The molecular formula is C27H29N5O4. The fourth-order valence-corrected chi connectivity index (χ4v) is 4.40. The average Bonchev–Trinajstić information content (AvgIpc) is 2.90. The van der Waals surface area contributed by atoms with Gasteiger partial charge in [0.1, 0.15) is 0 Å². The number of carbonyl (C=O) groups is 2. The van der Waals surface area contributed by atoms with Crippen LogP contribution in [0.3, 0.4) is 0 Å². The molecule has 2 aromatic heterocycles. The van der Waals surface area contributed by atoms with Crippen LogP contribution in [0.5, 0.6) is 0 Å². The van der Waals surface area contributed by atoms with Crippen molar-refractivity contribution in [2.75, 3.05) is 18.1 Å². The second-order valence-electron chi connectivity index (χ2n) is 8.79. The summed E-state index contributed by atoms with van der Waals surface area (Å²) in [6, 6.07) is 14.1. The summed E-state index contributed by atoms with van der Waals surface area (Å²) in [7, 11) is 0. The van der Waals surface area contributed by atoms with Gasteiger partial charge in [0, 0.05) is 48.7 Å². The van der Waals surface area contributed by atoms with Gasteiger partial charge >= 0.3 is 0 Å². The van der Waals surface area contributed by atoms with Crippen LogP contribution in [-0.4, -0.2) is 63.5 Å². The molecule has 1 aromatic carbocycles. The topological polar surface area (TPSA) is 128 Å². The van der Waals surface area contributed by atoms with E-state index >= 15 is 0 Å². The Morgan fingerprint density at radius 3 is 2.61 bits per heavy atom. The molecule has 3 N–H and O–H groups in total. The smallest absolute Gasteiger partial charge is 0.253 e. The first-order chi connectivity index (χ1) is 17.4. The summed E-state index contributed by atoms with van der Waals surface area (Å²) < 4.78 is 0. The second-order valence-corrected chi connectivity index (χ2v) is 8.79. The van der Waals surface area contributed by atoms with E-state index in [0.717, 1.165) is 23.2 Å². The number of nitrogens with one attached hydrogen (secondary N) is 1. The maximum absolute atomic E-state index is 12.4. The van der Waals surface area contributed by atoms with Crippen LogP contribution in [0.4, 0.5) is 11.5 Å². The SMILES string of the molecule is CC(=O)N1c2ccc(-c3ccc(C(=O)NC(CO)CO)cn3)cc2[C@H](C=Nc2ccccn2)C[C@@H]1C. The molecule has 9 heteroatoms. The van der Waals surface area contributed by atoms with Gasteiger partial charge in [-0.3, -0.25) is 14.6 Å². The molecule has 3 heterocycles. The Balaban J connectivity index is 1.65. The van der Waals surface area contributed by atoms with Gasteiger partial charge in [-0.15, -0.1) is 0 Å². The van der Waals surface area contributed by atoms with E-state index in [-0.39, 0.29) is 31.1 Å². The predicted octanol–water partition coefficient (Wildman–Crippen LogP) is 2.86. The van der Waals surface area contributed by atoms with Gasteiger partial charge in [0.25, 0.3) is 5.91 Å². The molecule has 9 nitrogen and oxygen atoms in total. The van der Waals surface area contributed by atoms with Crippen LogP contribution in [0.2, 0.25) is 0 Å². The van der Waals surface area contributed by atoms with Crippen LogP contribution in [0.1, 0.15) is 42.1 Å². The van der Waals surface area contributed by atoms with Crippen LogP contribution >= 0.6 is 0 Å². The highest BCUT2D eigenvalue weighted by molar-refractivity contribution is 5.96. The molecule has 0 unspecified atom stereocenters. The van der Waals surface area contributed by atoms with Gasteiger partial charge in [-0.25, -0.2) is 9.98 Å². The normalized spacial score (nSPS) is 17.3. The van der Waals surface area contributed by atoms with Gasteiger partial charge in [0.15, 0.2) is 5.82 Å². The molecule has 36 heavy (non-hydrogen) atoms. The number of aliphatic hydroxyl groups excluding tert-OH is 2.